The summed E-state index contributed by atoms with van der Waals surface area (Å²) in [6, 6.07) is 3.35. The molecule has 1 aliphatic heterocycles. The molecule has 1 saturated carbocycles. The van der Waals surface area contributed by atoms with Gasteiger partial charge in [-0.2, -0.15) is 0 Å². The molecule has 0 amide bonds. The van der Waals surface area contributed by atoms with E-state index in [9.17, 15) is 10.1 Å². The molecule has 3 unspecified atom stereocenters. The molecule has 3 rings (SSSR count). The van der Waals surface area contributed by atoms with Crippen LogP contribution in [-0.2, 0) is 0 Å². The molecule has 0 bridgehead atoms. The molecule has 0 aromatic carbocycles. The van der Waals surface area contributed by atoms with Crippen molar-refractivity contribution in [2.75, 3.05) is 18.0 Å². The first-order chi connectivity index (χ1) is 8.66. The number of pyridine rings is 1. The molecular weight excluding hydrogens is 232 g/mol. The van der Waals surface area contributed by atoms with Crippen LogP contribution in [0.1, 0.15) is 12.8 Å². The highest BCUT2D eigenvalue weighted by Gasteiger charge is 2.42. The van der Waals surface area contributed by atoms with Crippen molar-refractivity contribution >= 4 is 11.5 Å². The third kappa shape index (κ3) is 1.73. The standard InChI is InChI=1S/C12H16N4O2/c13-10-4-3-8-6-15(7-9(8)10)12-11(16(17)18)2-1-5-14-12/h1-2,5,8-10H,3-4,6-7,13H2. The summed E-state index contributed by atoms with van der Waals surface area (Å²) in [6.45, 7) is 1.64. The second kappa shape index (κ2) is 4.20. The average Bonchev–Trinajstić information content (AvgIpc) is 2.92. The van der Waals surface area contributed by atoms with Gasteiger partial charge in [-0.25, -0.2) is 4.98 Å². The molecule has 2 heterocycles. The van der Waals surface area contributed by atoms with E-state index in [0.717, 1.165) is 25.9 Å². The van der Waals surface area contributed by atoms with Crippen LogP contribution in [0.3, 0.4) is 0 Å². The maximum absolute atomic E-state index is 11.0. The number of hydrogen-bond acceptors (Lipinski definition) is 5. The fourth-order valence-corrected chi connectivity index (χ4v) is 3.26. The highest BCUT2D eigenvalue weighted by atomic mass is 16.6. The Morgan fingerprint density at radius 1 is 1.44 bits per heavy atom. The average molecular weight is 248 g/mol. The molecule has 1 aliphatic carbocycles. The fourth-order valence-electron chi connectivity index (χ4n) is 3.26. The van der Waals surface area contributed by atoms with Gasteiger partial charge in [0.2, 0.25) is 5.82 Å². The van der Waals surface area contributed by atoms with Gasteiger partial charge in [-0.1, -0.05) is 0 Å². The molecule has 6 nitrogen and oxygen atoms in total. The molecule has 2 aliphatic rings. The van der Waals surface area contributed by atoms with E-state index in [1.54, 1.807) is 12.3 Å². The summed E-state index contributed by atoms with van der Waals surface area (Å²) in [5.41, 5.74) is 6.17. The number of anilines is 1. The minimum atomic E-state index is -0.365. The van der Waals surface area contributed by atoms with Crippen molar-refractivity contribution in [1.29, 1.82) is 0 Å². The summed E-state index contributed by atoms with van der Waals surface area (Å²) in [4.78, 5) is 16.8. The zero-order valence-electron chi connectivity index (χ0n) is 10.0. The van der Waals surface area contributed by atoms with Crippen LogP contribution in [0.5, 0.6) is 0 Å². The lowest BCUT2D eigenvalue weighted by Gasteiger charge is -2.19. The molecule has 3 atom stereocenters. The van der Waals surface area contributed by atoms with Gasteiger partial charge in [0, 0.05) is 31.4 Å². The van der Waals surface area contributed by atoms with Crippen LogP contribution in [-0.4, -0.2) is 29.0 Å². The molecule has 2 N–H and O–H groups in total. The van der Waals surface area contributed by atoms with Crippen LogP contribution in [0, 0.1) is 22.0 Å². The van der Waals surface area contributed by atoms with Gasteiger partial charge in [-0.05, 0) is 30.7 Å². The van der Waals surface area contributed by atoms with E-state index in [1.807, 2.05) is 4.90 Å². The molecule has 1 aromatic rings. The van der Waals surface area contributed by atoms with Crippen molar-refractivity contribution in [3.63, 3.8) is 0 Å². The van der Waals surface area contributed by atoms with E-state index >= 15 is 0 Å². The monoisotopic (exact) mass is 248 g/mol. The number of nitrogens with zero attached hydrogens (tertiary/aromatic N) is 3. The predicted molar refractivity (Wildman–Crippen MR) is 67.3 cm³/mol. The highest BCUT2D eigenvalue weighted by Crippen LogP contribution is 2.40. The minimum Gasteiger partial charge on any atom is -0.350 e. The van der Waals surface area contributed by atoms with Gasteiger partial charge in [0.25, 0.3) is 0 Å². The number of fused-ring (bicyclic) bond motifs is 1. The normalized spacial score (nSPS) is 30.5. The third-order valence-corrected chi connectivity index (χ3v) is 4.17. The second-order valence-corrected chi connectivity index (χ2v) is 5.17. The van der Waals surface area contributed by atoms with Crippen LogP contribution >= 0.6 is 0 Å². The van der Waals surface area contributed by atoms with Crippen molar-refractivity contribution in [1.82, 2.24) is 4.98 Å². The molecule has 6 heteroatoms. The Hall–Kier alpha value is -1.69. The molecule has 2 fully saturated rings. The van der Waals surface area contributed by atoms with Crippen LogP contribution in [0.15, 0.2) is 18.3 Å². The van der Waals surface area contributed by atoms with E-state index in [0.29, 0.717) is 17.7 Å². The molecule has 1 aromatic heterocycles. The maximum Gasteiger partial charge on any atom is 0.311 e. The topological polar surface area (TPSA) is 85.3 Å². The van der Waals surface area contributed by atoms with Crippen LogP contribution in [0.4, 0.5) is 11.5 Å². The van der Waals surface area contributed by atoms with E-state index in [-0.39, 0.29) is 16.7 Å². The Bertz CT molecular complexity index is 479. The van der Waals surface area contributed by atoms with Crippen molar-refractivity contribution in [2.24, 2.45) is 17.6 Å². The Kier molecular flexibility index (Phi) is 2.66. The predicted octanol–water partition coefficient (Wildman–Crippen LogP) is 1.16. The molecule has 1 saturated heterocycles. The molecule has 0 spiro atoms. The van der Waals surface area contributed by atoms with Crippen molar-refractivity contribution in [3.8, 4) is 0 Å². The summed E-state index contributed by atoms with van der Waals surface area (Å²) in [6.07, 6.45) is 3.81. The molecule has 18 heavy (non-hydrogen) atoms. The van der Waals surface area contributed by atoms with E-state index in [1.165, 1.54) is 6.07 Å². The Morgan fingerprint density at radius 2 is 2.28 bits per heavy atom. The van der Waals surface area contributed by atoms with Gasteiger partial charge in [-0.3, -0.25) is 10.1 Å². The Morgan fingerprint density at radius 3 is 3.00 bits per heavy atom. The summed E-state index contributed by atoms with van der Waals surface area (Å²) in [7, 11) is 0. The highest BCUT2D eigenvalue weighted by molar-refractivity contribution is 5.58. The van der Waals surface area contributed by atoms with Gasteiger partial charge < -0.3 is 10.6 Å². The molecule has 96 valence electrons. The summed E-state index contributed by atoms with van der Waals surface area (Å²) < 4.78 is 0. The SMILES string of the molecule is NC1CCC2CN(c3ncccc3[N+](=O)[O-])CC12. The van der Waals surface area contributed by atoms with Gasteiger partial charge in [-0.15, -0.1) is 0 Å². The van der Waals surface area contributed by atoms with Gasteiger partial charge >= 0.3 is 5.69 Å². The summed E-state index contributed by atoms with van der Waals surface area (Å²) in [5, 5.41) is 11.0. The maximum atomic E-state index is 11.0. The first kappa shape index (κ1) is 11.4. The molecule has 0 radical (unpaired) electrons. The number of nitrogens with two attached hydrogens (primary N) is 1. The summed E-state index contributed by atoms with van der Waals surface area (Å²) in [5.74, 6) is 1.53. The lowest BCUT2D eigenvalue weighted by atomic mass is 9.98. The zero-order valence-corrected chi connectivity index (χ0v) is 10.0. The van der Waals surface area contributed by atoms with Gasteiger partial charge in [0.1, 0.15) is 0 Å². The van der Waals surface area contributed by atoms with Crippen molar-refractivity contribution < 1.29 is 4.92 Å². The van der Waals surface area contributed by atoms with Gasteiger partial charge in [0.05, 0.1) is 4.92 Å². The fraction of sp³-hybridized carbons (Fsp3) is 0.583. The lowest BCUT2D eigenvalue weighted by Crippen LogP contribution is -2.30. The second-order valence-electron chi connectivity index (χ2n) is 5.17. The van der Waals surface area contributed by atoms with E-state index in [4.69, 9.17) is 5.73 Å². The Labute approximate surface area is 105 Å². The Balaban J connectivity index is 1.87. The van der Waals surface area contributed by atoms with Gasteiger partial charge in [0.15, 0.2) is 0 Å². The van der Waals surface area contributed by atoms with E-state index < -0.39 is 0 Å². The largest absolute Gasteiger partial charge is 0.350 e. The first-order valence-electron chi connectivity index (χ1n) is 6.26. The lowest BCUT2D eigenvalue weighted by molar-refractivity contribution is -0.384. The quantitative estimate of drug-likeness (QED) is 0.627. The number of rotatable bonds is 2. The number of nitro groups is 1. The first-order valence-corrected chi connectivity index (χ1v) is 6.26. The van der Waals surface area contributed by atoms with Crippen LogP contribution in [0.25, 0.3) is 0 Å². The zero-order chi connectivity index (χ0) is 12.7. The third-order valence-electron chi connectivity index (χ3n) is 4.17. The molecular formula is C12H16N4O2. The van der Waals surface area contributed by atoms with Crippen LogP contribution in [0.2, 0.25) is 0 Å². The van der Waals surface area contributed by atoms with E-state index in [2.05, 4.69) is 4.98 Å². The smallest absolute Gasteiger partial charge is 0.311 e. The van der Waals surface area contributed by atoms with Crippen LogP contribution < -0.4 is 10.6 Å². The van der Waals surface area contributed by atoms with Crippen molar-refractivity contribution in [3.05, 3.63) is 28.4 Å². The number of aromatic nitrogens is 1. The summed E-state index contributed by atoms with van der Waals surface area (Å²) >= 11 is 0. The minimum absolute atomic E-state index is 0.0889. The number of hydrogen-bond donors (Lipinski definition) is 1. The van der Waals surface area contributed by atoms with Crippen molar-refractivity contribution in [2.45, 2.75) is 18.9 Å².